The standard InChI is InChI=1S/C13H24N2O2S/c1-2-6-15-13(12(14)16)5-3-4-10(7-13)18-11-8-17-9-11/h10-11,15H,2-9H2,1H3,(H2,14,16). The minimum atomic E-state index is -0.462. The van der Waals surface area contributed by atoms with Gasteiger partial charge in [0.25, 0.3) is 0 Å². The van der Waals surface area contributed by atoms with Crippen LogP contribution >= 0.6 is 11.8 Å². The zero-order valence-corrected chi connectivity index (χ0v) is 11.9. The molecule has 3 N–H and O–H groups in total. The summed E-state index contributed by atoms with van der Waals surface area (Å²) in [5, 5.41) is 4.58. The Hall–Kier alpha value is -0.260. The molecular weight excluding hydrogens is 248 g/mol. The van der Waals surface area contributed by atoms with Crippen molar-refractivity contribution >= 4 is 17.7 Å². The van der Waals surface area contributed by atoms with Gasteiger partial charge in [-0.3, -0.25) is 4.79 Å². The Labute approximate surface area is 113 Å². The molecule has 2 rings (SSSR count). The molecule has 1 aliphatic carbocycles. The third kappa shape index (κ3) is 3.19. The maximum absolute atomic E-state index is 11.8. The number of hydrogen-bond donors (Lipinski definition) is 2. The van der Waals surface area contributed by atoms with Crippen LogP contribution in [0.3, 0.4) is 0 Å². The predicted molar refractivity (Wildman–Crippen MR) is 74.7 cm³/mol. The van der Waals surface area contributed by atoms with Crippen molar-refractivity contribution in [3.8, 4) is 0 Å². The van der Waals surface area contributed by atoms with Gasteiger partial charge in [0.15, 0.2) is 0 Å². The zero-order valence-electron chi connectivity index (χ0n) is 11.1. The molecule has 0 bridgehead atoms. The first-order chi connectivity index (χ1) is 8.66. The average molecular weight is 272 g/mol. The molecule has 5 heteroatoms. The van der Waals surface area contributed by atoms with Gasteiger partial charge in [-0.05, 0) is 38.6 Å². The smallest absolute Gasteiger partial charge is 0.237 e. The molecule has 0 aromatic carbocycles. The molecule has 0 aromatic rings. The summed E-state index contributed by atoms with van der Waals surface area (Å²) in [7, 11) is 0. The first kappa shape index (κ1) is 14.2. The number of rotatable bonds is 6. The molecule has 0 radical (unpaired) electrons. The van der Waals surface area contributed by atoms with Crippen molar-refractivity contribution in [2.24, 2.45) is 5.73 Å². The SMILES string of the molecule is CCCNC1(C(N)=O)CCCC(SC2COC2)C1. The van der Waals surface area contributed by atoms with Crippen LogP contribution < -0.4 is 11.1 Å². The second-order valence-corrected chi connectivity index (χ2v) is 6.99. The highest BCUT2D eigenvalue weighted by atomic mass is 32.2. The first-order valence-corrected chi connectivity index (χ1v) is 7.89. The highest BCUT2D eigenvalue weighted by molar-refractivity contribution is 8.00. The summed E-state index contributed by atoms with van der Waals surface area (Å²) in [6.45, 7) is 4.72. The highest BCUT2D eigenvalue weighted by Crippen LogP contribution is 2.38. The number of nitrogens with one attached hydrogen (secondary N) is 1. The number of nitrogens with two attached hydrogens (primary N) is 1. The molecule has 1 aliphatic heterocycles. The molecule has 1 saturated carbocycles. The highest BCUT2D eigenvalue weighted by Gasteiger charge is 2.42. The summed E-state index contributed by atoms with van der Waals surface area (Å²) in [5.41, 5.74) is 5.19. The van der Waals surface area contributed by atoms with Gasteiger partial charge in [0.05, 0.1) is 24.0 Å². The van der Waals surface area contributed by atoms with Gasteiger partial charge in [-0.25, -0.2) is 0 Å². The Morgan fingerprint density at radius 1 is 1.50 bits per heavy atom. The lowest BCUT2D eigenvalue weighted by molar-refractivity contribution is -0.125. The quantitative estimate of drug-likeness (QED) is 0.764. The topological polar surface area (TPSA) is 64.3 Å². The minimum absolute atomic E-state index is 0.175. The van der Waals surface area contributed by atoms with Gasteiger partial charge < -0.3 is 15.8 Å². The van der Waals surface area contributed by atoms with E-state index in [2.05, 4.69) is 12.2 Å². The molecule has 2 fully saturated rings. The van der Waals surface area contributed by atoms with E-state index in [1.807, 2.05) is 11.8 Å². The largest absolute Gasteiger partial charge is 0.379 e. The molecule has 4 nitrogen and oxygen atoms in total. The first-order valence-electron chi connectivity index (χ1n) is 6.94. The molecule has 1 amide bonds. The van der Waals surface area contributed by atoms with E-state index >= 15 is 0 Å². The van der Waals surface area contributed by atoms with E-state index in [0.717, 1.165) is 45.4 Å². The van der Waals surface area contributed by atoms with Crippen LogP contribution in [0.25, 0.3) is 0 Å². The molecule has 0 aromatic heterocycles. The number of hydrogen-bond acceptors (Lipinski definition) is 4. The third-order valence-corrected chi connectivity index (χ3v) is 5.33. The van der Waals surface area contributed by atoms with Crippen molar-refractivity contribution < 1.29 is 9.53 Å². The monoisotopic (exact) mass is 272 g/mol. The Morgan fingerprint density at radius 2 is 2.28 bits per heavy atom. The molecule has 1 heterocycles. The number of ether oxygens (including phenoxy) is 1. The summed E-state index contributed by atoms with van der Waals surface area (Å²) < 4.78 is 5.21. The maximum Gasteiger partial charge on any atom is 0.237 e. The lowest BCUT2D eigenvalue weighted by atomic mass is 9.80. The van der Waals surface area contributed by atoms with E-state index in [1.165, 1.54) is 6.42 Å². The number of carbonyl (C=O) groups is 1. The fourth-order valence-electron chi connectivity index (χ4n) is 2.74. The lowest BCUT2D eigenvalue weighted by Gasteiger charge is -2.41. The van der Waals surface area contributed by atoms with Crippen LogP contribution in [-0.4, -0.2) is 41.7 Å². The van der Waals surface area contributed by atoms with E-state index in [1.54, 1.807) is 0 Å². The predicted octanol–water partition coefficient (Wildman–Crippen LogP) is 1.28. The van der Waals surface area contributed by atoms with Crippen LogP contribution in [-0.2, 0) is 9.53 Å². The molecular formula is C13H24N2O2S. The van der Waals surface area contributed by atoms with Crippen molar-refractivity contribution in [2.45, 2.75) is 55.1 Å². The van der Waals surface area contributed by atoms with Gasteiger partial charge in [-0.1, -0.05) is 6.92 Å². The second-order valence-electron chi connectivity index (χ2n) is 5.39. The molecule has 18 heavy (non-hydrogen) atoms. The van der Waals surface area contributed by atoms with Crippen molar-refractivity contribution in [3.05, 3.63) is 0 Å². The lowest BCUT2D eigenvalue weighted by Crippen LogP contribution is -2.58. The third-order valence-electron chi connectivity index (χ3n) is 3.88. The summed E-state index contributed by atoms with van der Waals surface area (Å²) >= 11 is 1.99. The van der Waals surface area contributed by atoms with Crippen LogP contribution in [0, 0.1) is 0 Å². The summed E-state index contributed by atoms with van der Waals surface area (Å²) in [6.07, 6.45) is 5.09. The van der Waals surface area contributed by atoms with Gasteiger partial charge in [0.2, 0.25) is 5.91 Å². The van der Waals surface area contributed by atoms with Crippen LogP contribution in [0.1, 0.15) is 39.0 Å². The van der Waals surface area contributed by atoms with E-state index in [-0.39, 0.29) is 5.91 Å². The number of primary amides is 1. The van der Waals surface area contributed by atoms with E-state index in [0.29, 0.717) is 10.5 Å². The summed E-state index contributed by atoms with van der Waals surface area (Å²) in [4.78, 5) is 11.8. The minimum Gasteiger partial charge on any atom is -0.379 e. The van der Waals surface area contributed by atoms with Gasteiger partial charge in [0.1, 0.15) is 0 Å². The van der Waals surface area contributed by atoms with Gasteiger partial charge >= 0.3 is 0 Å². The Balaban J connectivity index is 1.93. The van der Waals surface area contributed by atoms with Crippen molar-refractivity contribution in [2.75, 3.05) is 19.8 Å². The average Bonchev–Trinajstić information content (AvgIpc) is 2.32. The Morgan fingerprint density at radius 3 is 2.83 bits per heavy atom. The zero-order chi connectivity index (χ0) is 13.0. The fourth-order valence-corrected chi connectivity index (χ4v) is 4.32. The Kier molecular flexibility index (Phi) is 4.92. The van der Waals surface area contributed by atoms with Gasteiger partial charge in [0, 0.05) is 5.25 Å². The molecule has 104 valence electrons. The van der Waals surface area contributed by atoms with Crippen LogP contribution in [0.5, 0.6) is 0 Å². The van der Waals surface area contributed by atoms with Crippen LogP contribution in [0.2, 0.25) is 0 Å². The van der Waals surface area contributed by atoms with E-state index < -0.39 is 5.54 Å². The molecule has 1 saturated heterocycles. The number of amides is 1. The van der Waals surface area contributed by atoms with Gasteiger partial charge in [-0.2, -0.15) is 11.8 Å². The van der Waals surface area contributed by atoms with E-state index in [9.17, 15) is 4.79 Å². The number of thioether (sulfide) groups is 1. The van der Waals surface area contributed by atoms with E-state index in [4.69, 9.17) is 10.5 Å². The normalized spacial score (nSPS) is 33.1. The molecule has 0 spiro atoms. The van der Waals surface area contributed by atoms with Crippen molar-refractivity contribution in [1.82, 2.24) is 5.32 Å². The van der Waals surface area contributed by atoms with Crippen LogP contribution in [0.4, 0.5) is 0 Å². The molecule has 2 atom stereocenters. The van der Waals surface area contributed by atoms with Crippen LogP contribution in [0.15, 0.2) is 0 Å². The summed E-state index contributed by atoms with van der Waals surface area (Å²) in [6, 6.07) is 0. The van der Waals surface area contributed by atoms with Gasteiger partial charge in [-0.15, -0.1) is 0 Å². The Bertz CT molecular complexity index is 297. The van der Waals surface area contributed by atoms with Crippen molar-refractivity contribution in [3.63, 3.8) is 0 Å². The van der Waals surface area contributed by atoms with Crippen molar-refractivity contribution in [1.29, 1.82) is 0 Å². The molecule has 2 unspecified atom stereocenters. The molecule has 2 aliphatic rings. The maximum atomic E-state index is 11.8. The number of carbonyl (C=O) groups excluding carboxylic acids is 1. The summed E-state index contributed by atoms with van der Waals surface area (Å²) in [5.74, 6) is -0.175. The fraction of sp³-hybridized carbons (Fsp3) is 0.923. The second kappa shape index (κ2) is 6.26.